The molecule has 0 aliphatic rings. The van der Waals surface area contributed by atoms with E-state index in [2.05, 4.69) is 32.8 Å². The van der Waals surface area contributed by atoms with Crippen molar-refractivity contribution < 1.29 is 0 Å². The van der Waals surface area contributed by atoms with Gasteiger partial charge in [0.1, 0.15) is 0 Å². The van der Waals surface area contributed by atoms with E-state index in [1.807, 2.05) is 18.2 Å². The molecule has 3 nitrogen and oxygen atoms in total. The number of fused-ring (bicyclic) bond motifs is 1. The van der Waals surface area contributed by atoms with Crippen molar-refractivity contribution in [2.45, 2.75) is 0 Å². The summed E-state index contributed by atoms with van der Waals surface area (Å²) < 4.78 is 1.14. The number of hydrogen-bond donors (Lipinski definition) is 2. The average Bonchev–Trinajstić information content (AvgIpc) is 2.35. The van der Waals surface area contributed by atoms with E-state index in [1.165, 1.54) is 0 Å². The smallest absolute Gasteiger partial charge is 0.153 e. The Balaban J connectivity index is 2.94. The lowest BCUT2D eigenvalue weighted by Crippen LogP contribution is -1.83. The van der Waals surface area contributed by atoms with Crippen LogP contribution in [-0.2, 0) is 0 Å². The molecule has 1 aromatic carbocycles. The number of nitrogens with zero attached hydrogens (tertiary/aromatic N) is 1. The molecular weight excluding hydrogens is 253 g/mol. The number of nitrogens with one attached hydrogen (secondary N) is 1. The van der Waals surface area contributed by atoms with Crippen molar-refractivity contribution in [1.82, 2.24) is 10.2 Å². The molecular formula is C7H6IN3. The second kappa shape index (κ2) is 2.37. The lowest BCUT2D eigenvalue weighted by Gasteiger charge is -1.90. The summed E-state index contributed by atoms with van der Waals surface area (Å²) in [7, 11) is 0. The van der Waals surface area contributed by atoms with Crippen LogP contribution in [0.3, 0.4) is 0 Å². The van der Waals surface area contributed by atoms with Crippen LogP contribution in [0, 0.1) is 3.57 Å². The molecule has 0 amide bonds. The van der Waals surface area contributed by atoms with Gasteiger partial charge in [0.2, 0.25) is 0 Å². The van der Waals surface area contributed by atoms with Gasteiger partial charge in [-0.05, 0) is 34.7 Å². The summed E-state index contributed by atoms with van der Waals surface area (Å²) in [5.41, 5.74) is 6.62. The van der Waals surface area contributed by atoms with E-state index < -0.39 is 0 Å². The Morgan fingerprint density at radius 1 is 1.45 bits per heavy atom. The third-order valence-corrected chi connectivity index (χ3v) is 2.48. The first-order chi connectivity index (χ1) is 5.29. The van der Waals surface area contributed by atoms with E-state index in [9.17, 15) is 0 Å². The highest BCUT2D eigenvalue weighted by Crippen LogP contribution is 2.21. The summed E-state index contributed by atoms with van der Waals surface area (Å²) in [5, 5.41) is 7.78. The van der Waals surface area contributed by atoms with E-state index in [0.717, 1.165) is 14.5 Å². The van der Waals surface area contributed by atoms with Crippen LogP contribution in [0.5, 0.6) is 0 Å². The summed E-state index contributed by atoms with van der Waals surface area (Å²) in [4.78, 5) is 0. The Labute approximate surface area is 77.1 Å². The Morgan fingerprint density at radius 3 is 3.00 bits per heavy atom. The van der Waals surface area contributed by atoms with Crippen molar-refractivity contribution in [3.63, 3.8) is 0 Å². The molecule has 4 heteroatoms. The minimum Gasteiger partial charge on any atom is -0.382 e. The van der Waals surface area contributed by atoms with Crippen LogP contribution in [0.2, 0.25) is 0 Å². The van der Waals surface area contributed by atoms with Gasteiger partial charge in [-0.3, -0.25) is 5.10 Å². The van der Waals surface area contributed by atoms with Gasteiger partial charge >= 0.3 is 0 Å². The molecule has 0 aliphatic carbocycles. The van der Waals surface area contributed by atoms with Gasteiger partial charge < -0.3 is 5.73 Å². The number of hydrogen-bond acceptors (Lipinski definition) is 2. The highest BCUT2D eigenvalue weighted by Gasteiger charge is 2.02. The maximum atomic E-state index is 5.60. The van der Waals surface area contributed by atoms with Crippen LogP contribution < -0.4 is 5.73 Å². The lowest BCUT2D eigenvalue weighted by molar-refractivity contribution is 1.12. The summed E-state index contributed by atoms with van der Waals surface area (Å²) >= 11 is 2.24. The lowest BCUT2D eigenvalue weighted by atomic mass is 10.2. The molecule has 0 bridgehead atoms. The van der Waals surface area contributed by atoms with E-state index in [4.69, 9.17) is 5.73 Å². The summed E-state index contributed by atoms with van der Waals surface area (Å²) in [6.45, 7) is 0. The molecule has 0 fully saturated rings. The minimum absolute atomic E-state index is 0.568. The minimum atomic E-state index is 0.568. The van der Waals surface area contributed by atoms with Gasteiger partial charge in [-0.2, -0.15) is 5.10 Å². The van der Waals surface area contributed by atoms with Crippen molar-refractivity contribution in [3.8, 4) is 0 Å². The predicted molar refractivity (Wildman–Crippen MR) is 53.2 cm³/mol. The maximum absolute atomic E-state index is 5.60. The Hall–Kier alpha value is -0.780. The SMILES string of the molecule is Nc1n[nH]c2c(I)cccc12. The molecule has 1 heterocycles. The van der Waals surface area contributed by atoms with Crippen LogP contribution in [0.1, 0.15) is 0 Å². The van der Waals surface area contributed by atoms with Gasteiger partial charge in [0, 0.05) is 8.96 Å². The summed E-state index contributed by atoms with van der Waals surface area (Å²) in [5.74, 6) is 0.568. The van der Waals surface area contributed by atoms with E-state index >= 15 is 0 Å². The summed E-state index contributed by atoms with van der Waals surface area (Å²) in [6, 6.07) is 5.94. The first-order valence-electron chi connectivity index (χ1n) is 3.17. The molecule has 56 valence electrons. The van der Waals surface area contributed by atoms with Crippen molar-refractivity contribution in [2.24, 2.45) is 0 Å². The highest BCUT2D eigenvalue weighted by atomic mass is 127. The van der Waals surface area contributed by atoms with Crippen molar-refractivity contribution in [3.05, 3.63) is 21.8 Å². The molecule has 0 saturated carbocycles. The van der Waals surface area contributed by atoms with Crippen molar-refractivity contribution >= 4 is 39.3 Å². The maximum Gasteiger partial charge on any atom is 0.153 e. The second-order valence-corrected chi connectivity index (χ2v) is 3.43. The standard InChI is InChI=1S/C7H6IN3/c8-5-3-1-2-4-6(5)10-11-7(4)9/h1-3H,(H3,9,10,11). The molecule has 0 aliphatic heterocycles. The predicted octanol–water partition coefficient (Wildman–Crippen LogP) is 1.75. The van der Waals surface area contributed by atoms with Crippen LogP contribution in [0.4, 0.5) is 5.82 Å². The number of benzene rings is 1. The Kier molecular flexibility index (Phi) is 1.49. The fraction of sp³-hybridized carbons (Fsp3) is 0. The van der Waals surface area contributed by atoms with Crippen LogP contribution in [0.15, 0.2) is 18.2 Å². The van der Waals surface area contributed by atoms with Gasteiger partial charge in [0.05, 0.1) is 5.52 Å². The van der Waals surface area contributed by atoms with Gasteiger partial charge in [-0.25, -0.2) is 0 Å². The zero-order valence-electron chi connectivity index (χ0n) is 5.63. The number of H-pyrrole nitrogens is 1. The first kappa shape index (κ1) is 6.90. The quantitative estimate of drug-likeness (QED) is 0.708. The monoisotopic (exact) mass is 259 g/mol. The Bertz CT molecular complexity index is 393. The normalized spacial score (nSPS) is 10.6. The molecule has 3 N–H and O–H groups in total. The van der Waals surface area contributed by atoms with Crippen LogP contribution >= 0.6 is 22.6 Å². The zero-order valence-corrected chi connectivity index (χ0v) is 7.79. The molecule has 0 spiro atoms. The molecule has 0 radical (unpaired) electrons. The number of nitrogen functional groups attached to an aromatic ring is 1. The van der Waals surface area contributed by atoms with E-state index in [-0.39, 0.29) is 0 Å². The number of aromatic nitrogens is 2. The van der Waals surface area contributed by atoms with E-state index in [0.29, 0.717) is 5.82 Å². The van der Waals surface area contributed by atoms with Crippen molar-refractivity contribution in [1.29, 1.82) is 0 Å². The molecule has 0 unspecified atom stereocenters. The fourth-order valence-electron chi connectivity index (χ4n) is 1.03. The third kappa shape index (κ3) is 0.973. The largest absolute Gasteiger partial charge is 0.382 e. The first-order valence-corrected chi connectivity index (χ1v) is 4.25. The number of halogens is 1. The fourth-order valence-corrected chi connectivity index (χ4v) is 1.65. The van der Waals surface area contributed by atoms with Crippen LogP contribution in [0.25, 0.3) is 10.9 Å². The third-order valence-electron chi connectivity index (χ3n) is 1.58. The number of nitrogens with two attached hydrogens (primary N) is 1. The number of rotatable bonds is 0. The van der Waals surface area contributed by atoms with Crippen LogP contribution in [-0.4, -0.2) is 10.2 Å². The van der Waals surface area contributed by atoms with Gasteiger partial charge in [0.15, 0.2) is 5.82 Å². The second-order valence-electron chi connectivity index (χ2n) is 2.27. The molecule has 1 aromatic heterocycles. The zero-order chi connectivity index (χ0) is 7.84. The van der Waals surface area contributed by atoms with Gasteiger partial charge in [-0.15, -0.1) is 0 Å². The highest BCUT2D eigenvalue weighted by molar-refractivity contribution is 14.1. The van der Waals surface area contributed by atoms with Gasteiger partial charge in [0.25, 0.3) is 0 Å². The Morgan fingerprint density at radius 2 is 2.27 bits per heavy atom. The molecule has 0 saturated heterocycles. The molecule has 2 rings (SSSR count). The number of anilines is 1. The average molecular weight is 259 g/mol. The molecule has 2 aromatic rings. The molecule has 0 atom stereocenters. The van der Waals surface area contributed by atoms with Crippen molar-refractivity contribution in [2.75, 3.05) is 5.73 Å². The van der Waals surface area contributed by atoms with Gasteiger partial charge in [-0.1, -0.05) is 6.07 Å². The number of para-hydroxylation sites is 1. The molecule has 11 heavy (non-hydrogen) atoms. The topological polar surface area (TPSA) is 54.7 Å². The summed E-state index contributed by atoms with van der Waals surface area (Å²) in [6.07, 6.45) is 0. The van der Waals surface area contributed by atoms with E-state index in [1.54, 1.807) is 0 Å². The number of aromatic amines is 1.